The Bertz CT molecular complexity index is 878. The molecule has 0 amide bonds. The third kappa shape index (κ3) is 4.20. The van der Waals surface area contributed by atoms with Gasteiger partial charge in [-0.05, 0) is 31.0 Å². The molecular weight excluding hydrogens is 391 g/mol. The second kappa shape index (κ2) is 8.90. The number of benzene rings is 1. The van der Waals surface area contributed by atoms with Gasteiger partial charge in [-0.2, -0.15) is 5.01 Å². The van der Waals surface area contributed by atoms with E-state index in [1.807, 2.05) is 6.07 Å². The predicted octanol–water partition coefficient (Wildman–Crippen LogP) is 2.60. The summed E-state index contributed by atoms with van der Waals surface area (Å²) in [5, 5.41) is 14.8. The van der Waals surface area contributed by atoms with Gasteiger partial charge in [0, 0.05) is 31.7 Å². The Kier molecular flexibility index (Phi) is 6.07. The molecule has 9 nitrogen and oxygen atoms in total. The van der Waals surface area contributed by atoms with Gasteiger partial charge in [-0.3, -0.25) is 10.1 Å². The van der Waals surface area contributed by atoms with Gasteiger partial charge in [0.1, 0.15) is 5.82 Å². The van der Waals surface area contributed by atoms with Gasteiger partial charge in [0.05, 0.1) is 23.8 Å². The number of anilines is 3. The highest BCUT2D eigenvalue weighted by Crippen LogP contribution is 2.36. The standard InChI is InChI=1S/C20H25FN6O3/c21-18-14-30-13-12-25(18)26(16-4-2-1-3-5-16)20-17(27(28)29)6-7-19(23-20)24-10-8-15(22)9-11-24/h1-7,15,18H,8-14,22H2. The molecule has 160 valence electrons. The molecule has 1 atom stereocenters. The fraction of sp³-hybridized carbons (Fsp3) is 0.450. The smallest absolute Gasteiger partial charge is 0.313 e. The van der Waals surface area contributed by atoms with Gasteiger partial charge in [-0.1, -0.05) is 18.2 Å². The van der Waals surface area contributed by atoms with E-state index in [9.17, 15) is 14.5 Å². The molecule has 2 saturated heterocycles. The van der Waals surface area contributed by atoms with Gasteiger partial charge < -0.3 is 15.4 Å². The predicted molar refractivity (Wildman–Crippen MR) is 111 cm³/mol. The molecule has 0 bridgehead atoms. The maximum atomic E-state index is 14.8. The number of nitrogens with zero attached hydrogens (tertiary/aromatic N) is 5. The summed E-state index contributed by atoms with van der Waals surface area (Å²) >= 11 is 0. The largest absolute Gasteiger partial charge is 0.376 e. The van der Waals surface area contributed by atoms with Crippen LogP contribution in [0.4, 0.5) is 27.4 Å². The minimum absolute atomic E-state index is 0.0862. The van der Waals surface area contributed by atoms with E-state index in [1.54, 1.807) is 30.3 Å². The lowest BCUT2D eigenvalue weighted by Crippen LogP contribution is -2.51. The Labute approximate surface area is 174 Å². The van der Waals surface area contributed by atoms with Crippen LogP contribution in [0.25, 0.3) is 0 Å². The van der Waals surface area contributed by atoms with Crippen molar-refractivity contribution in [2.24, 2.45) is 5.73 Å². The lowest BCUT2D eigenvalue weighted by molar-refractivity contribution is -0.384. The molecule has 1 aromatic carbocycles. The zero-order valence-corrected chi connectivity index (χ0v) is 16.6. The molecule has 2 fully saturated rings. The van der Waals surface area contributed by atoms with Crippen LogP contribution in [0.15, 0.2) is 42.5 Å². The fourth-order valence-electron chi connectivity index (χ4n) is 3.79. The fourth-order valence-corrected chi connectivity index (χ4v) is 3.79. The van der Waals surface area contributed by atoms with E-state index in [1.165, 1.54) is 16.1 Å². The van der Waals surface area contributed by atoms with Crippen LogP contribution >= 0.6 is 0 Å². The van der Waals surface area contributed by atoms with Crippen LogP contribution in [0, 0.1) is 10.1 Å². The summed E-state index contributed by atoms with van der Waals surface area (Å²) in [7, 11) is 0. The summed E-state index contributed by atoms with van der Waals surface area (Å²) in [6, 6.07) is 12.2. The van der Waals surface area contributed by atoms with Crippen molar-refractivity contribution in [1.29, 1.82) is 0 Å². The highest BCUT2D eigenvalue weighted by atomic mass is 19.1. The maximum Gasteiger partial charge on any atom is 0.313 e. The normalized spacial score (nSPS) is 20.9. The number of hydrazine groups is 1. The van der Waals surface area contributed by atoms with Gasteiger partial charge in [-0.15, -0.1) is 0 Å². The van der Waals surface area contributed by atoms with Crippen molar-refractivity contribution >= 4 is 23.0 Å². The van der Waals surface area contributed by atoms with Crippen molar-refractivity contribution in [3.05, 3.63) is 52.6 Å². The molecule has 2 aromatic rings. The van der Waals surface area contributed by atoms with Crippen LogP contribution in [0.1, 0.15) is 12.8 Å². The number of hydrogen-bond donors (Lipinski definition) is 1. The van der Waals surface area contributed by atoms with E-state index >= 15 is 0 Å². The van der Waals surface area contributed by atoms with E-state index < -0.39 is 11.2 Å². The minimum atomic E-state index is -1.45. The first kappa shape index (κ1) is 20.5. The molecule has 2 aliphatic heterocycles. The third-order valence-electron chi connectivity index (χ3n) is 5.40. The molecule has 4 rings (SSSR count). The molecule has 0 aliphatic carbocycles. The highest BCUT2D eigenvalue weighted by molar-refractivity contribution is 5.69. The highest BCUT2D eigenvalue weighted by Gasteiger charge is 2.34. The molecule has 2 N–H and O–H groups in total. The van der Waals surface area contributed by atoms with Crippen molar-refractivity contribution in [2.75, 3.05) is 42.8 Å². The van der Waals surface area contributed by atoms with Crippen molar-refractivity contribution in [2.45, 2.75) is 25.2 Å². The van der Waals surface area contributed by atoms with E-state index in [-0.39, 0.29) is 30.7 Å². The summed E-state index contributed by atoms with van der Waals surface area (Å²) in [6.45, 7) is 1.90. The summed E-state index contributed by atoms with van der Waals surface area (Å²) < 4.78 is 20.1. The number of aromatic nitrogens is 1. The number of alkyl halides is 1. The maximum absolute atomic E-state index is 14.8. The summed E-state index contributed by atoms with van der Waals surface area (Å²) in [6.07, 6.45) is 0.204. The third-order valence-corrected chi connectivity index (χ3v) is 5.40. The summed E-state index contributed by atoms with van der Waals surface area (Å²) in [4.78, 5) is 18.1. The van der Waals surface area contributed by atoms with Gasteiger partial charge >= 0.3 is 5.69 Å². The summed E-state index contributed by atoms with van der Waals surface area (Å²) in [5.41, 5.74) is 6.41. The number of ether oxygens (including phenoxy) is 1. The number of nitro groups is 1. The first-order valence-corrected chi connectivity index (χ1v) is 10.0. The topological polar surface area (TPSA) is 101 Å². The summed E-state index contributed by atoms with van der Waals surface area (Å²) in [5.74, 6) is 0.704. The number of halogens is 1. The molecule has 1 aromatic heterocycles. The van der Waals surface area contributed by atoms with Crippen molar-refractivity contribution in [1.82, 2.24) is 9.99 Å². The van der Waals surface area contributed by atoms with E-state index in [0.717, 1.165) is 25.9 Å². The number of morpholine rings is 1. The molecule has 30 heavy (non-hydrogen) atoms. The molecular formula is C20H25FN6O3. The van der Waals surface area contributed by atoms with E-state index in [0.29, 0.717) is 18.1 Å². The molecule has 2 aliphatic rings. The Morgan fingerprint density at radius 1 is 1.17 bits per heavy atom. The van der Waals surface area contributed by atoms with E-state index in [2.05, 4.69) is 9.88 Å². The Morgan fingerprint density at radius 3 is 2.57 bits per heavy atom. The first-order chi connectivity index (χ1) is 14.5. The van der Waals surface area contributed by atoms with Crippen LogP contribution < -0.4 is 15.6 Å². The Hall–Kier alpha value is -2.82. The van der Waals surface area contributed by atoms with Crippen LogP contribution in [0.2, 0.25) is 0 Å². The van der Waals surface area contributed by atoms with Crippen molar-refractivity contribution in [3.8, 4) is 0 Å². The van der Waals surface area contributed by atoms with Crippen molar-refractivity contribution in [3.63, 3.8) is 0 Å². The van der Waals surface area contributed by atoms with Crippen LogP contribution in [0.3, 0.4) is 0 Å². The molecule has 1 unspecified atom stereocenters. The molecule has 10 heteroatoms. The zero-order chi connectivity index (χ0) is 21.1. The van der Waals surface area contributed by atoms with E-state index in [4.69, 9.17) is 10.5 Å². The van der Waals surface area contributed by atoms with Crippen LogP contribution in [0.5, 0.6) is 0 Å². The van der Waals surface area contributed by atoms with Crippen molar-refractivity contribution < 1.29 is 14.1 Å². The SMILES string of the molecule is NC1CCN(c2ccc([N+](=O)[O-])c(N(c3ccccc3)N3CCOCC3F)n2)CC1. The second-order valence-corrected chi connectivity index (χ2v) is 7.41. The quantitative estimate of drug-likeness (QED) is 0.451. The van der Waals surface area contributed by atoms with Crippen LogP contribution in [-0.2, 0) is 4.74 Å². The number of rotatable bonds is 5. The van der Waals surface area contributed by atoms with Gasteiger partial charge in [0.15, 0.2) is 6.30 Å². The lowest BCUT2D eigenvalue weighted by atomic mass is 10.1. The van der Waals surface area contributed by atoms with Gasteiger partial charge in [0.2, 0.25) is 5.82 Å². The lowest BCUT2D eigenvalue weighted by Gasteiger charge is -2.40. The molecule has 3 heterocycles. The average molecular weight is 416 g/mol. The molecule has 0 spiro atoms. The number of piperidine rings is 1. The monoisotopic (exact) mass is 416 g/mol. The molecule has 0 radical (unpaired) electrons. The first-order valence-electron chi connectivity index (χ1n) is 10.0. The second-order valence-electron chi connectivity index (χ2n) is 7.41. The van der Waals surface area contributed by atoms with Gasteiger partial charge in [-0.25, -0.2) is 14.4 Å². The van der Waals surface area contributed by atoms with Gasteiger partial charge in [0.25, 0.3) is 0 Å². The molecule has 0 saturated carbocycles. The number of para-hydroxylation sites is 1. The number of pyridine rings is 1. The average Bonchev–Trinajstić information content (AvgIpc) is 2.76. The minimum Gasteiger partial charge on any atom is -0.376 e. The Balaban J connectivity index is 1.79. The number of hydrogen-bond acceptors (Lipinski definition) is 8. The van der Waals surface area contributed by atoms with Crippen LogP contribution in [-0.4, -0.2) is 60.1 Å². The zero-order valence-electron chi connectivity index (χ0n) is 16.6. The number of nitrogens with two attached hydrogens (primary N) is 1. The Morgan fingerprint density at radius 2 is 1.90 bits per heavy atom.